The van der Waals surface area contributed by atoms with Crippen molar-refractivity contribution in [1.29, 1.82) is 0 Å². The molecule has 0 aliphatic heterocycles. The van der Waals surface area contributed by atoms with Crippen LogP contribution in [0.15, 0.2) is 0 Å². The lowest BCUT2D eigenvalue weighted by atomic mass is 9.96. The Labute approximate surface area is 115 Å². The van der Waals surface area contributed by atoms with Gasteiger partial charge >= 0.3 is 0 Å². The highest BCUT2D eigenvalue weighted by atomic mass is 32.2. The van der Waals surface area contributed by atoms with E-state index in [2.05, 4.69) is 12.2 Å². The van der Waals surface area contributed by atoms with Gasteiger partial charge in [-0.2, -0.15) is 11.8 Å². The Morgan fingerprint density at radius 3 is 2.78 bits per heavy atom. The Kier molecular flexibility index (Phi) is 13.0. The van der Waals surface area contributed by atoms with E-state index >= 15 is 0 Å². The standard InChI is InChI=1S/C13H28N2O2S/c1-2-12(6-7-14)4-5-13(17)15-8-11-18-10-3-9-16/h12,16H,2-11,14H2,1H3,(H,15,17). The highest BCUT2D eigenvalue weighted by molar-refractivity contribution is 7.99. The molecule has 108 valence electrons. The average Bonchev–Trinajstić information content (AvgIpc) is 2.38. The summed E-state index contributed by atoms with van der Waals surface area (Å²) in [7, 11) is 0. The molecule has 0 aromatic heterocycles. The van der Waals surface area contributed by atoms with Gasteiger partial charge in [0, 0.05) is 25.3 Å². The molecular formula is C13H28N2O2S. The van der Waals surface area contributed by atoms with E-state index < -0.39 is 0 Å². The fourth-order valence-electron chi connectivity index (χ4n) is 1.74. The minimum atomic E-state index is 0.147. The first-order chi connectivity index (χ1) is 8.74. The van der Waals surface area contributed by atoms with Crippen LogP contribution in [0, 0.1) is 5.92 Å². The van der Waals surface area contributed by atoms with E-state index in [9.17, 15) is 4.79 Å². The Hall–Kier alpha value is -0.260. The molecule has 4 N–H and O–H groups in total. The average molecular weight is 276 g/mol. The molecule has 0 aliphatic carbocycles. The third-order valence-electron chi connectivity index (χ3n) is 2.95. The second-order valence-electron chi connectivity index (χ2n) is 4.43. The molecule has 5 heteroatoms. The lowest BCUT2D eigenvalue weighted by Gasteiger charge is -2.13. The number of rotatable bonds is 12. The van der Waals surface area contributed by atoms with Crippen molar-refractivity contribution < 1.29 is 9.90 Å². The fraction of sp³-hybridized carbons (Fsp3) is 0.923. The van der Waals surface area contributed by atoms with E-state index in [0.29, 0.717) is 18.9 Å². The molecule has 1 atom stereocenters. The van der Waals surface area contributed by atoms with Gasteiger partial charge in [-0.1, -0.05) is 13.3 Å². The normalized spacial score (nSPS) is 12.4. The van der Waals surface area contributed by atoms with Crippen LogP contribution < -0.4 is 11.1 Å². The summed E-state index contributed by atoms with van der Waals surface area (Å²) < 4.78 is 0. The molecule has 0 rings (SSSR count). The molecule has 0 bridgehead atoms. The number of hydrogen-bond donors (Lipinski definition) is 3. The number of aliphatic hydroxyl groups is 1. The molecular weight excluding hydrogens is 248 g/mol. The number of nitrogens with one attached hydrogen (secondary N) is 1. The molecule has 0 saturated carbocycles. The van der Waals surface area contributed by atoms with Crippen molar-refractivity contribution in [2.24, 2.45) is 11.7 Å². The number of aliphatic hydroxyl groups excluding tert-OH is 1. The van der Waals surface area contributed by atoms with Crippen molar-refractivity contribution in [2.45, 2.75) is 39.0 Å². The minimum Gasteiger partial charge on any atom is -0.396 e. The van der Waals surface area contributed by atoms with Gasteiger partial charge in [-0.25, -0.2) is 0 Å². The van der Waals surface area contributed by atoms with Gasteiger partial charge in [-0.15, -0.1) is 0 Å². The highest BCUT2D eigenvalue weighted by Crippen LogP contribution is 2.14. The van der Waals surface area contributed by atoms with Crippen molar-refractivity contribution >= 4 is 17.7 Å². The maximum absolute atomic E-state index is 11.6. The number of hydrogen-bond acceptors (Lipinski definition) is 4. The quantitative estimate of drug-likeness (QED) is 0.471. The molecule has 0 aromatic rings. The van der Waals surface area contributed by atoms with Crippen LogP contribution in [0.1, 0.15) is 39.0 Å². The van der Waals surface area contributed by atoms with Crippen LogP contribution >= 0.6 is 11.8 Å². The maximum atomic E-state index is 11.6. The molecule has 0 radical (unpaired) electrons. The van der Waals surface area contributed by atoms with Crippen LogP contribution in [0.2, 0.25) is 0 Å². The minimum absolute atomic E-state index is 0.147. The van der Waals surface area contributed by atoms with E-state index in [4.69, 9.17) is 10.8 Å². The monoisotopic (exact) mass is 276 g/mol. The predicted octanol–water partition coefficient (Wildman–Crippen LogP) is 1.37. The third-order valence-corrected chi connectivity index (χ3v) is 4.02. The predicted molar refractivity (Wildman–Crippen MR) is 78.7 cm³/mol. The van der Waals surface area contributed by atoms with Crippen molar-refractivity contribution in [2.75, 3.05) is 31.2 Å². The van der Waals surface area contributed by atoms with Crippen molar-refractivity contribution in [3.05, 3.63) is 0 Å². The van der Waals surface area contributed by atoms with Crippen LogP contribution in [0.3, 0.4) is 0 Å². The fourth-order valence-corrected chi connectivity index (χ4v) is 2.53. The second kappa shape index (κ2) is 13.2. The molecule has 0 aliphatic rings. The molecule has 0 heterocycles. The van der Waals surface area contributed by atoms with Gasteiger partial charge in [-0.05, 0) is 37.5 Å². The Morgan fingerprint density at radius 2 is 2.17 bits per heavy atom. The van der Waals surface area contributed by atoms with E-state index in [1.165, 1.54) is 0 Å². The molecule has 0 saturated heterocycles. The Balaban J connectivity index is 3.41. The van der Waals surface area contributed by atoms with Crippen LogP contribution in [-0.2, 0) is 4.79 Å². The smallest absolute Gasteiger partial charge is 0.220 e. The van der Waals surface area contributed by atoms with Crippen molar-refractivity contribution in [3.8, 4) is 0 Å². The SMILES string of the molecule is CCC(CCN)CCC(=O)NCCSCCCO. The number of carbonyl (C=O) groups excluding carboxylic acids is 1. The first kappa shape index (κ1) is 17.7. The lowest BCUT2D eigenvalue weighted by Crippen LogP contribution is -2.26. The van der Waals surface area contributed by atoms with Crippen molar-refractivity contribution in [1.82, 2.24) is 5.32 Å². The summed E-state index contributed by atoms with van der Waals surface area (Å²) in [6.45, 7) is 3.83. The first-order valence-corrected chi connectivity index (χ1v) is 8.05. The highest BCUT2D eigenvalue weighted by Gasteiger charge is 2.08. The lowest BCUT2D eigenvalue weighted by molar-refractivity contribution is -0.121. The third kappa shape index (κ3) is 10.9. The first-order valence-electron chi connectivity index (χ1n) is 6.89. The topological polar surface area (TPSA) is 75.4 Å². The zero-order chi connectivity index (χ0) is 13.6. The van der Waals surface area contributed by atoms with Crippen LogP contribution in [0.5, 0.6) is 0 Å². The molecule has 0 aromatic carbocycles. The molecule has 4 nitrogen and oxygen atoms in total. The van der Waals surface area contributed by atoms with Crippen LogP contribution in [0.25, 0.3) is 0 Å². The summed E-state index contributed by atoms with van der Waals surface area (Å²) in [6, 6.07) is 0. The molecule has 1 amide bonds. The Morgan fingerprint density at radius 1 is 1.39 bits per heavy atom. The van der Waals surface area contributed by atoms with Gasteiger partial charge in [0.25, 0.3) is 0 Å². The van der Waals surface area contributed by atoms with Gasteiger partial charge in [-0.3, -0.25) is 4.79 Å². The number of carbonyl (C=O) groups is 1. The molecule has 1 unspecified atom stereocenters. The van der Waals surface area contributed by atoms with E-state index in [-0.39, 0.29) is 12.5 Å². The van der Waals surface area contributed by atoms with Gasteiger partial charge in [0.05, 0.1) is 0 Å². The zero-order valence-electron chi connectivity index (χ0n) is 11.5. The maximum Gasteiger partial charge on any atom is 0.220 e. The second-order valence-corrected chi connectivity index (χ2v) is 5.65. The largest absolute Gasteiger partial charge is 0.396 e. The number of amides is 1. The van der Waals surface area contributed by atoms with Gasteiger partial charge in [0.1, 0.15) is 0 Å². The van der Waals surface area contributed by atoms with E-state index in [1.807, 2.05) is 0 Å². The summed E-state index contributed by atoms with van der Waals surface area (Å²) in [5.74, 6) is 2.61. The summed E-state index contributed by atoms with van der Waals surface area (Å²) in [4.78, 5) is 11.6. The van der Waals surface area contributed by atoms with E-state index in [0.717, 1.165) is 43.7 Å². The zero-order valence-corrected chi connectivity index (χ0v) is 12.3. The molecule has 0 spiro atoms. The van der Waals surface area contributed by atoms with Gasteiger partial charge in [0.15, 0.2) is 0 Å². The van der Waals surface area contributed by atoms with Crippen LogP contribution in [0.4, 0.5) is 0 Å². The molecule has 18 heavy (non-hydrogen) atoms. The van der Waals surface area contributed by atoms with Crippen LogP contribution in [-0.4, -0.2) is 42.2 Å². The summed E-state index contributed by atoms with van der Waals surface area (Å²) in [5.41, 5.74) is 5.53. The van der Waals surface area contributed by atoms with E-state index in [1.54, 1.807) is 11.8 Å². The van der Waals surface area contributed by atoms with Gasteiger partial charge < -0.3 is 16.2 Å². The summed E-state index contributed by atoms with van der Waals surface area (Å²) in [6.07, 6.45) is 4.50. The van der Waals surface area contributed by atoms with Gasteiger partial charge in [0.2, 0.25) is 5.91 Å². The molecule has 0 fully saturated rings. The summed E-state index contributed by atoms with van der Waals surface area (Å²) >= 11 is 1.77. The van der Waals surface area contributed by atoms with Crippen molar-refractivity contribution in [3.63, 3.8) is 0 Å². The number of nitrogens with two attached hydrogens (primary N) is 1. The number of thioether (sulfide) groups is 1. The Bertz CT molecular complexity index is 203. The summed E-state index contributed by atoms with van der Waals surface area (Å²) in [5, 5.41) is 11.5.